The molecule has 4 heteroatoms. The van der Waals surface area contributed by atoms with Crippen molar-refractivity contribution < 1.29 is 9.59 Å². The van der Waals surface area contributed by atoms with Crippen LogP contribution in [0.1, 0.15) is 20.3 Å². The molecule has 0 aliphatic rings. The highest BCUT2D eigenvalue weighted by molar-refractivity contribution is 5.83. The van der Waals surface area contributed by atoms with Crippen LogP contribution in [0, 0.1) is 5.92 Å². The van der Waals surface area contributed by atoms with Crippen LogP contribution in [0.2, 0.25) is 0 Å². The zero-order chi connectivity index (χ0) is 10.4. The van der Waals surface area contributed by atoms with Gasteiger partial charge in [0.15, 0.2) is 0 Å². The molecule has 0 radical (unpaired) electrons. The van der Waals surface area contributed by atoms with Gasteiger partial charge in [0, 0.05) is 14.1 Å². The van der Waals surface area contributed by atoms with Crippen LogP contribution in [0.15, 0.2) is 0 Å². The van der Waals surface area contributed by atoms with Crippen molar-refractivity contribution in [1.82, 2.24) is 10.2 Å². The summed E-state index contributed by atoms with van der Waals surface area (Å²) in [5, 5.41) is 2.54. The number of amides is 2. The van der Waals surface area contributed by atoms with Gasteiger partial charge in [0.05, 0.1) is 0 Å². The van der Waals surface area contributed by atoms with Crippen LogP contribution in [0.3, 0.4) is 0 Å². The molecule has 0 aliphatic carbocycles. The summed E-state index contributed by atoms with van der Waals surface area (Å²) in [7, 11) is 3.37. The van der Waals surface area contributed by atoms with E-state index in [0.29, 0.717) is 6.41 Å². The monoisotopic (exact) mass is 186 g/mol. The molecule has 0 aromatic carbocycles. The summed E-state index contributed by atoms with van der Waals surface area (Å²) in [4.78, 5) is 23.3. The number of likely N-dealkylation sites (N-methyl/N-ethyl adjacent to an activating group) is 1. The van der Waals surface area contributed by atoms with Gasteiger partial charge >= 0.3 is 0 Å². The predicted octanol–water partition coefficient (Wildman–Crippen LogP) is 0.235. The van der Waals surface area contributed by atoms with Crippen LogP contribution in [-0.2, 0) is 9.59 Å². The minimum absolute atomic E-state index is 0.0542. The minimum Gasteiger partial charge on any atom is -0.347 e. The third-order valence-electron chi connectivity index (χ3n) is 2.17. The second-order valence-electron chi connectivity index (χ2n) is 3.38. The lowest BCUT2D eigenvalue weighted by atomic mass is 9.98. The molecule has 2 unspecified atom stereocenters. The van der Waals surface area contributed by atoms with Gasteiger partial charge in [0.1, 0.15) is 6.04 Å². The van der Waals surface area contributed by atoms with Crippen LogP contribution < -0.4 is 5.32 Å². The summed E-state index contributed by atoms with van der Waals surface area (Å²) in [6.45, 7) is 3.94. The standard InChI is InChI=1S/C9H18N2O2/c1-5-7(2)8(10-6-12)9(13)11(3)4/h6-8H,5H2,1-4H3,(H,10,12). The highest BCUT2D eigenvalue weighted by atomic mass is 16.2. The Balaban J connectivity index is 4.39. The zero-order valence-corrected chi connectivity index (χ0v) is 8.70. The second kappa shape index (κ2) is 5.56. The lowest BCUT2D eigenvalue weighted by Crippen LogP contribution is -2.46. The first-order chi connectivity index (χ1) is 6.04. The van der Waals surface area contributed by atoms with E-state index < -0.39 is 6.04 Å². The fourth-order valence-corrected chi connectivity index (χ4v) is 1.07. The highest BCUT2D eigenvalue weighted by Crippen LogP contribution is 2.08. The molecule has 0 spiro atoms. The Morgan fingerprint density at radius 2 is 2.08 bits per heavy atom. The zero-order valence-electron chi connectivity index (χ0n) is 8.70. The molecule has 0 bridgehead atoms. The van der Waals surface area contributed by atoms with E-state index in [2.05, 4.69) is 5.32 Å². The molecule has 2 amide bonds. The normalized spacial score (nSPS) is 14.5. The van der Waals surface area contributed by atoms with Crippen LogP contribution in [-0.4, -0.2) is 37.4 Å². The van der Waals surface area contributed by atoms with Crippen molar-refractivity contribution in [3.05, 3.63) is 0 Å². The van der Waals surface area contributed by atoms with Crippen molar-refractivity contribution in [2.45, 2.75) is 26.3 Å². The van der Waals surface area contributed by atoms with E-state index in [1.165, 1.54) is 4.90 Å². The molecule has 0 fully saturated rings. The average molecular weight is 186 g/mol. The molecular formula is C9H18N2O2. The number of hydrogen-bond donors (Lipinski definition) is 1. The van der Waals surface area contributed by atoms with E-state index in [4.69, 9.17) is 0 Å². The first-order valence-corrected chi connectivity index (χ1v) is 4.45. The first kappa shape index (κ1) is 11.9. The molecule has 76 valence electrons. The van der Waals surface area contributed by atoms with Gasteiger partial charge in [-0.05, 0) is 5.92 Å². The molecule has 0 heterocycles. The summed E-state index contributed by atoms with van der Waals surface area (Å²) in [6, 6.07) is -0.391. The van der Waals surface area contributed by atoms with Crippen molar-refractivity contribution in [2.24, 2.45) is 5.92 Å². The van der Waals surface area contributed by atoms with E-state index in [-0.39, 0.29) is 11.8 Å². The van der Waals surface area contributed by atoms with Crippen molar-refractivity contribution >= 4 is 12.3 Å². The van der Waals surface area contributed by atoms with Crippen molar-refractivity contribution in [2.75, 3.05) is 14.1 Å². The molecule has 0 aliphatic heterocycles. The van der Waals surface area contributed by atoms with Gasteiger partial charge in [-0.2, -0.15) is 0 Å². The summed E-state index contributed by atoms with van der Waals surface area (Å²) in [5.41, 5.74) is 0. The van der Waals surface area contributed by atoms with Crippen LogP contribution in [0.5, 0.6) is 0 Å². The smallest absolute Gasteiger partial charge is 0.244 e. The van der Waals surface area contributed by atoms with Gasteiger partial charge in [-0.3, -0.25) is 9.59 Å². The fraction of sp³-hybridized carbons (Fsp3) is 0.778. The topological polar surface area (TPSA) is 49.4 Å². The Kier molecular flexibility index (Phi) is 5.11. The van der Waals surface area contributed by atoms with E-state index in [9.17, 15) is 9.59 Å². The number of carbonyl (C=O) groups is 2. The largest absolute Gasteiger partial charge is 0.347 e. The molecular weight excluding hydrogens is 168 g/mol. The number of carbonyl (C=O) groups excluding carboxylic acids is 2. The lowest BCUT2D eigenvalue weighted by Gasteiger charge is -2.24. The fourth-order valence-electron chi connectivity index (χ4n) is 1.07. The Morgan fingerprint density at radius 1 is 1.54 bits per heavy atom. The Hall–Kier alpha value is -1.06. The maximum atomic E-state index is 11.5. The van der Waals surface area contributed by atoms with Gasteiger partial charge in [0.25, 0.3) is 0 Å². The second-order valence-corrected chi connectivity index (χ2v) is 3.38. The van der Waals surface area contributed by atoms with Crippen molar-refractivity contribution in [3.63, 3.8) is 0 Å². The third-order valence-corrected chi connectivity index (χ3v) is 2.17. The third kappa shape index (κ3) is 3.44. The molecule has 4 nitrogen and oxygen atoms in total. The molecule has 2 atom stereocenters. The maximum Gasteiger partial charge on any atom is 0.244 e. The SMILES string of the molecule is CCC(C)C(NC=O)C(=O)N(C)C. The van der Waals surface area contributed by atoms with E-state index in [1.807, 2.05) is 13.8 Å². The lowest BCUT2D eigenvalue weighted by molar-refractivity contribution is -0.133. The quantitative estimate of drug-likeness (QED) is 0.625. The summed E-state index contributed by atoms with van der Waals surface area (Å²) < 4.78 is 0. The van der Waals surface area contributed by atoms with Crippen LogP contribution in [0.25, 0.3) is 0 Å². The molecule has 13 heavy (non-hydrogen) atoms. The van der Waals surface area contributed by atoms with Gasteiger partial charge in [-0.15, -0.1) is 0 Å². The summed E-state index contributed by atoms with van der Waals surface area (Å²) >= 11 is 0. The first-order valence-electron chi connectivity index (χ1n) is 4.45. The number of hydrogen-bond acceptors (Lipinski definition) is 2. The molecule has 0 saturated heterocycles. The van der Waals surface area contributed by atoms with Gasteiger partial charge in [-0.1, -0.05) is 20.3 Å². The van der Waals surface area contributed by atoms with Gasteiger partial charge < -0.3 is 10.2 Å². The van der Waals surface area contributed by atoms with Crippen molar-refractivity contribution in [3.8, 4) is 0 Å². The Labute approximate surface area is 79.3 Å². The van der Waals surface area contributed by atoms with Crippen molar-refractivity contribution in [1.29, 1.82) is 0 Å². The van der Waals surface area contributed by atoms with Gasteiger partial charge in [0.2, 0.25) is 12.3 Å². The number of nitrogens with zero attached hydrogens (tertiary/aromatic N) is 1. The van der Waals surface area contributed by atoms with Crippen LogP contribution >= 0.6 is 0 Å². The summed E-state index contributed by atoms with van der Waals surface area (Å²) in [6.07, 6.45) is 1.45. The van der Waals surface area contributed by atoms with E-state index >= 15 is 0 Å². The highest BCUT2D eigenvalue weighted by Gasteiger charge is 2.24. The molecule has 0 aromatic heterocycles. The summed E-state index contributed by atoms with van der Waals surface area (Å²) in [5.74, 6) is 0.113. The Bertz CT molecular complexity index is 180. The molecule has 0 aromatic rings. The number of rotatable bonds is 5. The molecule has 1 N–H and O–H groups in total. The minimum atomic E-state index is -0.391. The number of nitrogens with one attached hydrogen (secondary N) is 1. The predicted molar refractivity (Wildman–Crippen MR) is 51.1 cm³/mol. The van der Waals surface area contributed by atoms with Gasteiger partial charge in [-0.25, -0.2) is 0 Å². The average Bonchev–Trinajstić information content (AvgIpc) is 2.11. The Morgan fingerprint density at radius 3 is 2.38 bits per heavy atom. The van der Waals surface area contributed by atoms with E-state index in [0.717, 1.165) is 6.42 Å². The maximum absolute atomic E-state index is 11.5. The molecule has 0 saturated carbocycles. The molecule has 0 rings (SSSR count). The van der Waals surface area contributed by atoms with E-state index in [1.54, 1.807) is 14.1 Å². The van der Waals surface area contributed by atoms with Crippen LogP contribution in [0.4, 0.5) is 0 Å².